The number of carbonyl (C=O) groups excluding carboxylic acids is 1. The van der Waals surface area contributed by atoms with Gasteiger partial charge in [0.15, 0.2) is 5.82 Å². The average molecular weight is 473 g/mol. The van der Waals surface area contributed by atoms with Gasteiger partial charge in [-0.25, -0.2) is 0 Å². The summed E-state index contributed by atoms with van der Waals surface area (Å²) in [5, 5.41) is 17.5. The van der Waals surface area contributed by atoms with Crippen molar-refractivity contribution in [2.24, 2.45) is 5.41 Å². The van der Waals surface area contributed by atoms with E-state index in [0.29, 0.717) is 39.0 Å². The summed E-state index contributed by atoms with van der Waals surface area (Å²) in [6.45, 7) is 1.53. The third-order valence-electron chi connectivity index (χ3n) is 8.43. The van der Waals surface area contributed by atoms with Crippen LogP contribution in [0.1, 0.15) is 69.0 Å². The van der Waals surface area contributed by atoms with Crippen molar-refractivity contribution >= 4 is 5.91 Å². The molecule has 4 aliphatic rings. The molecule has 184 valence electrons. The van der Waals surface area contributed by atoms with Gasteiger partial charge in [-0.15, -0.1) is 0 Å². The van der Waals surface area contributed by atoms with Gasteiger partial charge in [0.25, 0.3) is 0 Å². The summed E-state index contributed by atoms with van der Waals surface area (Å²) < 4.78 is 53.5. The SMILES string of the molecule is O=C([C@@H]1C[C@@H](O)C2(CCC2)CN1)N1CCC(c2noc(C3CCOCC3)n2)(C(F)(F)F)CC1. The summed E-state index contributed by atoms with van der Waals surface area (Å²) >= 11 is 0. The first kappa shape index (κ1) is 23.0. The Balaban J connectivity index is 1.26. The molecule has 1 aliphatic carbocycles. The Morgan fingerprint density at radius 1 is 1.15 bits per heavy atom. The summed E-state index contributed by atoms with van der Waals surface area (Å²) in [7, 11) is 0. The van der Waals surface area contributed by atoms with E-state index >= 15 is 0 Å². The summed E-state index contributed by atoms with van der Waals surface area (Å²) in [4.78, 5) is 18.7. The second-order valence-corrected chi connectivity index (χ2v) is 10.1. The maximum atomic E-state index is 14.3. The summed E-state index contributed by atoms with van der Waals surface area (Å²) in [5.74, 6) is -0.424. The molecule has 1 aromatic heterocycles. The van der Waals surface area contributed by atoms with Crippen LogP contribution in [0, 0.1) is 5.41 Å². The largest absolute Gasteiger partial charge is 0.401 e. The predicted octanol–water partition coefficient (Wildman–Crippen LogP) is 2.28. The van der Waals surface area contributed by atoms with E-state index in [1.165, 1.54) is 4.90 Å². The van der Waals surface area contributed by atoms with Gasteiger partial charge in [0.05, 0.1) is 12.1 Å². The summed E-state index contributed by atoms with van der Waals surface area (Å²) in [5.41, 5.74) is -2.36. The van der Waals surface area contributed by atoms with Crippen LogP contribution >= 0.6 is 0 Å². The number of alkyl halides is 3. The molecule has 4 fully saturated rings. The van der Waals surface area contributed by atoms with Gasteiger partial charge in [-0.2, -0.15) is 18.2 Å². The van der Waals surface area contributed by atoms with E-state index in [1.54, 1.807) is 0 Å². The molecule has 3 aliphatic heterocycles. The van der Waals surface area contributed by atoms with E-state index in [1.807, 2.05) is 0 Å². The van der Waals surface area contributed by atoms with Gasteiger partial charge in [-0.1, -0.05) is 11.6 Å². The fourth-order valence-corrected chi connectivity index (χ4v) is 5.83. The van der Waals surface area contributed by atoms with Crippen LogP contribution < -0.4 is 5.32 Å². The number of halogens is 3. The van der Waals surface area contributed by atoms with E-state index in [2.05, 4.69) is 15.5 Å². The fourth-order valence-electron chi connectivity index (χ4n) is 5.83. The van der Waals surface area contributed by atoms with E-state index in [9.17, 15) is 23.1 Å². The first-order chi connectivity index (χ1) is 15.7. The van der Waals surface area contributed by atoms with Gasteiger partial charge in [-0.3, -0.25) is 4.79 Å². The number of hydrogen-bond acceptors (Lipinski definition) is 7. The Morgan fingerprint density at radius 3 is 2.42 bits per heavy atom. The fraction of sp³-hybridized carbons (Fsp3) is 0.864. The molecule has 2 atom stereocenters. The maximum absolute atomic E-state index is 14.3. The van der Waals surface area contributed by atoms with Crippen molar-refractivity contribution in [2.45, 2.75) is 81.0 Å². The first-order valence-corrected chi connectivity index (χ1v) is 11.9. The first-order valence-electron chi connectivity index (χ1n) is 11.9. The highest BCUT2D eigenvalue weighted by molar-refractivity contribution is 5.82. The molecule has 2 N–H and O–H groups in total. The van der Waals surface area contributed by atoms with Crippen molar-refractivity contribution in [1.82, 2.24) is 20.4 Å². The molecule has 3 saturated heterocycles. The number of nitrogens with one attached hydrogen (secondary N) is 1. The number of likely N-dealkylation sites (tertiary alicyclic amines) is 1. The molecular formula is C22H31F3N4O4. The van der Waals surface area contributed by atoms with E-state index < -0.39 is 23.7 Å². The molecule has 11 heteroatoms. The highest BCUT2D eigenvalue weighted by Crippen LogP contribution is 2.49. The minimum atomic E-state index is -4.56. The van der Waals surface area contributed by atoms with Crippen molar-refractivity contribution in [3.8, 4) is 0 Å². The van der Waals surface area contributed by atoms with Crippen LogP contribution in [-0.4, -0.2) is 77.2 Å². The Kier molecular flexibility index (Phi) is 5.93. The Bertz CT molecular complexity index is 858. The van der Waals surface area contributed by atoms with Gasteiger partial charge < -0.3 is 24.6 Å². The van der Waals surface area contributed by atoms with Gasteiger partial charge in [-0.05, 0) is 44.9 Å². The lowest BCUT2D eigenvalue weighted by Crippen LogP contribution is -2.62. The molecule has 0 aromatic carbocycles. The van der Waals surface area contributed by atoms with Gasteiger partial charge in [0, 0.05) is 44.2 Å². The molecule has 1 spiro atoms. The molecule has 33 heavy (non-hydrogen) atoms. The highest BCUT2D eigenvalue weighted by atomic mass is 19.4. The van der Waals surface area contributed by atoms with Gasteiger partial charge in [0.2, 0.25) is 11.8 Å². The zero-order valence-corrected chi connectivity index (χ0v) is 18.6. The van der Waals surface area contributed by atoms with E-state index in [0.717, 1.165) is 19.3 Å². The van der Waals surface area contributed by atoms with Crippen LogP contribution in [0.15, 0.2) is 4.52 Å². The molecule has 1 saturated carbocycles. The molecular weight excluding hydrogens is 441 g/mol. The predicted molar refractivity (Wildman–Crippen MR) is 109 cm³/mol. The Labute approximate surface area is 190 Å². The number of piperidine rings is 2. The Hall–Kier alpha value is -1.72. The number of aromatic nitrogens is 2. The van der Waals surface area contributed by atoms with Crippen molar-refractivity contribution in [3.63, 3.8) is 0 Å². The molecule has 0 bridgehead atoms. The van der Waals surface area contributed by atoms with E-state index in [4.69, 9.17) is 9.26 Å². The molecule has 0 unspecified atom stereocenters. The molecule has 5 rings (SSSR count). The second kappa shape index (κ2) is 8.49. The van der Waals surface area contributed by atoms with Crippen molar-refractivity contribution < 1.29 is 32.3 Å². The van der Waals surface area contributed by atoms with E-state index in [-0.39, 0.29) is 54.9 Å². The molecule has 4 heterocycles. The summed E-state index contributed by atoms with van der Waals surface area (Å²) in [6, 6.07) is -0.560. The van der Waals surface area contributed by atoms with Crippen LogP contribution in [0.25, 0.3) is 0 Å². The van der Waals surface area contributed by atoms with Crippen molar-refractivity contribution in [2.75, 3.05) is 32.8 Å². The van der Waals surface area contributed by atoms with Gasteiger partial charge in [0.1, 0.15) is 5.41 Å². The highest BCUT2D eigenvalue weighted by Gasteiger charge is 2.60. The Morgan fingerprint density at radius 2 is 1.85 bits per heavy atom. The third kappa shape index (κ3) is 3.95. The second-order valence-electron chi connectivity index (χ2n) is 10.1. The maximum Gasteiger partial charge on any atom is 0.401 e. The zero-order valence-electron chi connectivity index (χ0n) is 18.6. The topological polar surface area (TPSA) is 101 Å². The smallest absolute Gasteiger partial charge is 0.392 e. The van der Waals surface area contributed by atoms with Crippen LogP contribution in [0.2, 0.25) is 0 Å². The van der Waals surface area contributed by atoms with Crippen LogP contribution in [-0.2, 0) is 14.9 Å². The number of aliphatic hydroxyl groups is 1. The molecule has 8 nitrogen and oxygen atoms in total. The zero-order chi connectivity index (χ0) is 23.3. The van der Waals surface area contributed by atoms with Crippen LogP contribution in [0.3, 0.4) is 0 Å². The average Bonchev–Trinajstić information content (AvgIpc) is 3.28. The number of carbonyl (C=O) groups is 1. The van der Waals surface area contributed by atoms with Crippen molar-refractivity contribution in [1.29, 1.82) is 0 Å². The number of amides is 1. The summed E-state index contributed by atoms with van der Waals surface area (Å²) in [6.07, 6.45) is -1.18. The van der Waals surface area contributed by atoms with Crippen LogP contribution in [0.5, 0.6) is 0 Å². The van der Waals surface area contributed by atoms with Crippen molar-refractivity contribution in [3.05, 3.63) is 11.7 Å². The molecule has 1 aromatic rings. The lowest BCUT2D eigenvalue weighted by molar-refractivity contribution is -0.206. The normalized spacial score (nSPS) is 30.2. The minimum absolute atomic E-state index is 0.0428. The number of ether oxygens (including phenoxy) is 1. The number of rotatable bonds is 3. The lowest BCUT2D eigenvalue weighted by Gasteiger charge is -2.51. The number of nitrogens with zero attached hydrogens (tertiary/aromatic N) is 3. The number of hydrogen-bond donors (Lipinski definition) is 2. The minimum Gasteiger partial charge on any atom is -0.392 e. The lowest BCUT2D eigenvalue weighted by atomic mass is 9.62. The quantitative estimate of drug-likeness (QED) is 0.696. The van der Waals surface area contributed by atoms with Crippen LogP contribution in [0.4, 0.5) is 13.2 Å². The number of aliphatic hydroxyl groups excluding tert-OH is 1. The molecule has 1 amide bonds. The standard InChI is InChI=1S/C22H31F3N4O4/c23-22(24,25)21(19-27-17(33-28-19)14-2-10-32-11-3-14)6-8-29(9-7-21)18(31)15-12-16(30)20(13-26-15)4-1-5-20/h14-16,26,30H,1-13H2/t15-,16+/m0/s1. The van der Waals surface area contributed by atoms with Gasteiger partial charge >= 0.3 is 6.18 Å². The molecule has 0 radical (unpaired) electrons. The third-order valence-corrected chi connectivity index (χ3v) is 8.43. The monoisotopic (exact) mass is 472 g/mol.